The molecule has 1 N–H and O–H groups in total. The maximum Gasteiger partial charge on any atom is 0.523 e. The van der Waals surface area contributed by atoms with Crippen LogP contribution in [0.3, 0.4) is 0 Å². The van der Waals surface area contributed by atoms with Gasteiger partial charge in [-0.3, -0.25) is 0 Å². The standard InChI is InChI=1S/C4H5F3O5S/c5-4(6,7)13(9,10)12-3(1-8)2-11-3/h8H,1-2H2/t3-/m0/s1. The lowest BCUT2D eigenvalue weighted by Crippen LogP contribution is -2.33. The van der Waals surface area contributed by atoms with Crippen molar-refractivity contribution in [3.05, 3.63) is 0 Å². The zero-order valence-electron chi connectivity index (χ0n) is 6.04. The van der Waals surface area contributed by atoms with Crippen LogP contribution in [0.25, 0.3) is 0 Å². The molecular weight excluding hydrogens is 217 g/mol. The van der Waals surface area contributed by atoms with E-state index in [1.54, 1.807) is 0 Å². The molecule has 0 aromatic rings. The van der Waals surface area contributed by atoms with Crippen LogP contribution >= 0.6 is 0 Å². The summed E-state index contributed by atoms with van der Waals surface area (Å²) in [5.41, 5.74) is -5.50. The average molecular weight is 222 g/mol. The molecule has 0 aromatic carbocycles. The van der Waals surface area contributed by atoms with Gasteiger partial charge in [-0.15, -0.1) is 0 Å². The average Bonchev–Trinajstić information content (AvgIpc) is 2.66. The third-order valence-corrected chi connectivity index (χ3v) is 2.34. The lowest BCUT2D eigenvalue weighted by molar-refractivity contribution is -0.0710. The summed E-state index contributed by atoms with van der Waals surface area (Å²) >= 11 is 0. The number of aliphatic hydroxyl groups is 1. The highest BCUT2D eigenvalue weighted by Gasteiger charge is 2.57. The molecule has 1 atom stereocenters. The van der Waals surface area contributed by atoms with Gasteiger partial charge in [0.25, 0.3) is 0 Å². The molecule has 0 bridgehead atoms. The number of alkyl halides is 3. The predicted octanol–water partition coefficient (Wildman–Crippen LogP) is -0.429. The quantitative estimate of drug-likeness (QED) is 0.398. The highest BCUT2D eigenvalue weighted by atomic mass is 32.2. The normalized spacial score (nSPS) is 28.9. The van der Waals surface area contributed by atoms with Crippen molar-refractivity contribution in [3.63, 3.8) is 0 Å². The molecule has 0 saturated carbocycles. The molecule has 0 aromatic heterocycles. The zero-order chi connectivity index (χ0) is 10.3. The molecule has 1 saturated heterocycles. The van der Waals surface area contributed by atoms with Crippen LogP contribution < -0.4 is 0 Å². The Morgan fingerprint density at radius 2 is 2.00 bits per heavy atom. The summed E-state index contributed by atoms with van der Waals surface area (Å²) < 4.78 is 63.5. The number of epoxide rings is 1. The molecular formula is C4H5F3O5S. The minimum absolute atomic E-state index is 0.376. The van der Waals surface area contributed by atoms with E-state index in [0.29, 0.717) is 0 Å². The van der Waals surface area contributed by atoms with Crippen molar-refractivity contribution in [2.75, 3.05) is 13.2 Å². The first-order valence-corrected chi connectivity index (χ1v) is 4.40. The van der Waals surface area contributed by atoms with Crippen LogP contribution in [0.1, 0.15) is 0 Å². The molecule has 9 heteroatoms. The lowest BCUT2D eigenvalue weighted by Gasteiger charge is -2.11. The summed E-state index contributed by atoms with van der Waals surface area (Å²) in [6, 6.07) is 0. The molecule has 5 nitrogen and oxygen atoms in total. The monoisotopic (exact) mass is 222 g/mol. The molecule has 0 amide bonds. The van der Waals surface area contributed by atoms with Crippen LogP contribution in [0, 0.1) is 0 Å². The number of aliphatic hydroxyl groups excluding tert-OH is 1. The van der Waals surface area contributed by atoms with Gasteiger partial charge in [-0.05, 0) is 0 Å². The summed E-state index contributed by atoms with van der Waals surface area (Å²) in [5.74, 6) is -2.02. The van der Waals surface area contributed by atoms with Gasteiger partial charge in [0.05, 0.1) is 0 Å². The van der Waals surface area contributed by atoms with E-state index in [1.165, 1.54) is 0 Å². The predicted molar refractivity (Wildman–Crippen MR) is 31.8 cm³/mol. The van der Waals surface area contributed by atoms with Gasteiger partial charge in [-0.25, -0.2) is 4.18 Å². The van der Waals surface area contributed by atoms with Gasteiger partial charge >= 0.3 is 15.6 Å². The van der Waals surface area contributed by atoms with Crippen molar-refractivity contribution >= 4 is 10.1 Å². The number of rotatable bonds is 3. The van der Waals surface area contributed by atoms with E-state index in [2.05, 4.69) is 8.92 Å². The first-order chi connectivity index (χ1) is 5.72. The van der Waals surface area contributed by atoms with E-state index in [-0.39, 0.29) is 6.61 Å². The second-order valence-corrected chi connectivity index (χ2v) is 3.88. The van der Waals surface area contributed by atoms with Crippen molar-refractivity contribution in [1.29, 1.82) is 0 Å². The fourth-order valence-electron chi connectivity index (χ4n) is 0.493. The zero-order valence-corrected chi connectivity index (χ0v) is 6.85. The van der Waals surface area contributed by atoms with Crippen LogP contribution in [0.4, 0.5) is 13.2 Å². The van der Waals surface area contributed by atoms with Crippen molar-refractivity contribution < 1.29 is 35.6 Å². The van der Waals surface area contributed by atoms with Gasteiger partial charge in [-0.1, -0.05) is 0 Å². The second kappa shape index (κ2) is 2.80. The second-order valence-electron chi connectivity index (χ2n) is 2.34. The van der Waals surface area contributed by atoms with E-state index in [0.717, 1.165) is 0 Å². The largest absolute Gasteiger partial charge is 0.523 e. The van der Waals surface area contributed by atoms with Gasteiger partial charge in [0, 0.05) is 0 Å². The molecule has 1 aliphatic heterocycles. The van der Waals surface area contributed by atoms with Crippen LogP contribution in [0.2, 0.25) is 0 Å². The Morgan fingerprint density at radius 1 is 1.54 bits per heavy atom. The van der Waals surface area contributed by atoms with Gasteiger partial charge in [0.15, 0.2) is 0 Å². The van der Waals surface area contributed by atoms with E-state index >= 15 is 0 Å². The summed E-state index contributed by atoms with van der Waals surface area (Å²) in [6.45, 7) is -1.32. The van der Waals surface area contributed by atoms with E-state index in [4.69, 9.17) is 5.11 Å². The van der Waals surface area contributed by atoms with E-state index in [9.17, 15) is 21.6 Å². The van der Waals surface area contributed by atoms with Crippen LogP contribution in [0.15, 0.2) is 0 Å². The van der Waals surface area contributed by atoms with Crippen molar-refractivity contribution in [1.82, 2.24) is 0 Å². The van der Waals surface area contributed by atoms with Crippen molar-refractivity contribution in [2.45, 2.75) is 11.3 Å². The summed E-state index contributed by atoms with van der Waals surface area (Å²) in [4.78, 5) is 0. The first kappa shape index (κ1) is 10.7. The molecule has 78 valence electrons. The van der Waals surface area contributed by atoms with E-state index < -0.39 is 28.0 Å². The molecule has 1 fully saturated rings. The summed E-state index contributed by atoms with van der Waals surface area (Å²) in [5, 5.41) is 8.40. The Morgan fingerprint density at radius 3 is 2.23 bits per heavy atom. The molecule has 1 aliphatic rings. The summed E-state index contributed by atoms with van der Waals surface area (Å²) in [7, 11) is -5.69. The highest BCUT2D eigenvalue weighted by molar-refractivity contribution is 7.87. The molecule has 0 aliphatic carbocycles. The summed E-state index contributed by atoms with van der Waals surface area (Å²) in [6.07, 6.45) is 0. The molecule has 13 heavy (non-hydrogen) atoms. The maximum absolute atomic E-state index is 11.7. The van der Waals surface area contributed by atoms with Crippen LogP contribution in [-0.2, 0) is 19.0 Å². The molecule has 1 rings (SSSR count). The number of hydrogen-bond donors (Lipinski definition) is 1. The fraction of sp³-hybridized carbons (Fsp3) is 1.00. The van der Waals surface area contributed by atoms with Gasteiger partial charge < -0.3 is 9.84 Å². The number of hydrogen-bond acceptors (Lipinski definition) is 5. The van der Waals surface area contributed by atoms with Crippen LogP contribution in [-0.4, -0.2) is 38.0 Å². The third kappa shape index (κ3) is 2.10. The molecule has 0 spiro atoms. The molecule has 0 radical (unpaired) electrons. The van der Waals surface area contributed by atoms with Crippen molar-refractivity contribution in [2.24, 2.45) is 0 Å². The minimum Gasteiger partial charge on any atom is -0.391 e. The highest BCUT2D eigenvalue weighted by Crippen LogP contribution is 2.35. The Bertz CT molecular complexity index is 289. The molecule has 1 heterocycles. The van der Waals surface area contributed by atoms with Gasteiger partial charge in [0.2, 0.25) is 5.79 Å². The SMILES string of the molecule is O=S(=O)(O[C@@]1(CO)CO1)C(F)(F)F. The fourth-order valence-corrected chi connectivity index (χ4v) is 1.14. The topological polar surface area (TPSA) is 76.1 Å². The Labute approximate surface area is 71.2 Å². The smallest absolute Gasteiger partial charge is 0.391 e. The third-order valence-electron chi connectivity index (χ3n) is 1.25. The lowest BCUT2D eigenvalue weighted by atomic mass is 10.4. The van der Waals surface area contributed by atoms with E-state index in [1.807, 2.05) is 0 Å². The molecule has 0 unspecified atom stereocenters. The Balaban J connectivity index is 2.74. The van der Waals surface area contributed by atoms with Crippen molar-refractivity contribution in [3.8, 4) is 0 Å². The number of halogens is 3. The Hall–Kier alpha value is -0.380. The van der Waals surface area contributed by atoms with Gasteiger partial charge in [-0.2, -0.15) is 21.6 Å². The first-order valence-electron chi connectivity index (χ1n) is 2.99. The number of ether oxygens (including phenoxy) is 1. The van der Waals surface area contributed by atoms with Crippen LogP contribution in [0.5, 0.6) is 0 Å². The Kier molecular flexibility index (Phi) is 2.31. The maximum atomic E-state index is 11.7. The minimum atomic E-state index is -5.69. The van der Waals surface area contributed by atoms with Gasteiger partial charge in [0.1, 0.15) is 13.2 Å².